The van der Waals surface area contributed by atoms with E-state index in [2.05, 4.69) is 5.32 Å². The zero-order valence-electron chi connectivity index (χ0n) is 16.9. The van der Waals surface area contributed by atoms with Gasteiger partial charge in [-0.05, 0) is 43.4 Å². The van der Waals surface area contributed by atoms with Gasteiger partial charge in [0.2, 0.25) is 11.8 Å². The van der Waals surface area contributed by atoms with Gasteiger partial charge in [0.05, 0.1) is 0 Å². The molecule has 0 heterocycles. The molecule has 0 aromatic heterocycles. The van der Waals surface area contributed by atoms with Gasteiger partial charge < -0.3 is 10.2 Å². The molecule has 2 amide bonds. The summed E-state index contributed by atoms with van der Waals surface area (Å²) in [6, 6.07) is 17.1. The minimum Gasteiger partial charge on any atom is -0.352 e. The topological polar surface area (TPSA) is 49.4 Å². The van der Waals surface area contributed by atoms with E-state index in [1.807, 2.05) is 61.5 Å². The van der Waals surface area contributed by atoms with E-state index in [1.54, 1.807) is 4.90 Å². The number of nitrogens with zero attached hydrogens (tertiary/aromatic N) is 1. The Bertz CT molecular complexity index is 819. The van der Waals surface area contributed by atoms with Gasteiger partial charge in [-0.3, -0.25) is 9.59 Å². The van der Waals surface area contributed by atoms with Crippen molar-refractivity contribution in [1.29, 1.82) is 0 Å². The van der Waals surface area contributed by atoms with Crippen LogP contribution in [0.3, 0.4) is 0 Å². The minimum absolute atomic E-state index is 0.0390. The lowest BCUT2D eigenvalue weighted by molar-refractivity contribution is -0.140. The maximum Gasteiger partial charge on any atom is 0.242 e. The molecule has 2 aromatic rings. The van der Waals surface area contributed by atoms with Crippen LogP contribution in [-0.4, -0.2) is 28.8 Å². The average Bonchev–Trinajstić information content (AvgIpc) is 3.24. The van der Waals surface area contributed by atoms with Crippen molar-refractivity contribution in [1.82, 2.24) is 10.2 Å². The second kappa shape index (κ2) is 10.4. The predicted molar refractivity (Wildman–Crippen MR) is 117 cm³/mol. The first kappa shape index (κ1) is 21.4. The first-order chi connectivity index (χ1) is 14.0. The number of carbonyl (C=O) groups is 2. The fourth-order valence-corrected chi connectivity index (χ4v) is 4.02. The fraction of sp³-hybridized carbons (Fsp3) is 0.417. The van der Waals surface area contributed by atoms with E-state index in [-0.39, 0.29) is 17.9 Å². The molecule has 1 N–H and O–H groups in total. The molecule has 0 aliphatic heterocycles. The number of halogens is 1. The van der Waals surface area contributed by atoms with Crippen molar-refractivity contribution >= 4 is 23.4 Å². The highest BCUT2D eigenvalue weighted by molar-refractivity contribution is 6.31. The second-order valence-electron chi connectivity index (χ2n) is 7.76. The Kier molecular flexibility index (Phi) is 7.70. The quantitative estimate of drug-likeness (QED) is 0.680. The molecule has 0 saturated heterocycles. The van der Waals surface area contributed by atoms with Crippen molar-refractivity contribution in [2.45, 2.75) is 64.1 Å². The fourth-order valence-electron chi connectivity index (χ4n) is 3.82. The summed E-state index contributed by atoms with van der Waals surface area (Å²) in [6.45, 7) is 2.13. The Morgan fingerprint density at radius 1 is 1.07 bits per heavy atom. The lowest BCUT2D eigenvalue weighted by Crippen LogP contribution is -2.49. The molecule has 5 heteroatoms. The third kappa shape index (κ3) is 6.07. The summed E-state index contributed by atoms with van der Waals surface area (Å²) in [6.07, 6.45) is 5.35. The standard InChI is InChI=1S/C24H29ClN2O2/c1-18(24(29)26-21-12-6-7-13-21)27(17-20-11-5-8-14-22(20)25)23(28)16-15-19-9-3-2-4-10-19/h2-5,8-11,14,18,21H,6-7,12-13,15-17H2,1H3,(H,26,29)/t18-/m0/s1. The van der Waals surface area contributed by atoms with Crippen LogP contribution in [0.1, 0.15) is 50.2 Å². The van der Waals surface area contributed by atoms with Crippen LogP contribution in [0.25, 0.3) is 0 Å². The van der Waals surface area contributed by atoms with Crippen LogP contribution < -0.4 is 5.32 Å². The van der Waals surface area contributed by atoms with E-state index in [9.17, 15) is 9.59 Å². The number of nitrogens with one attached hydrogen (secondary N) is 1. The van der Waals surface area contributed by atoms with Crippen molar-refractivity contribution in [2.75, 3.05) is 0 Å². The van der Waals surface area contributed by atoms with Crippen LogP contribution in [0.2, 0.25) is 5.02 Å². The van der Waals surface area contributed by atoms with Crippen LogP contribution in [0.5, 0.6) is 0 Å². The summed E-state index contributed by atoms with van der Waals surface area (Å²) < 4.78 is 0. The van der Waals surface area contributed by atoms with Gasteiger partial charge in [-0.2, -0.15) is 0 Å². The monoisotopic (exact) mass is 412 g/mol. The molecule has 154 valence electrons. The van der Waals surface area contributed by atoms with Crippen molar-refractivity contribution < 1.29 is 9.59 Å². The summed E-state index contributed by atoms with van der Waals surface area (Å²) in [4.78, 5) is 27.6. The molecule has 4 nitrogen and oxygen atoms in total. The average molecular weight is 413 g/mol. The lowest BCUT2D eigenvalue weighted by Gasteiger charge is -2.30. The van der Waals surface area contributed by atoms with Gasteiger partial charge in [0.15, 0.2) is 0 Å². The smallest absolute Gasteiger partial charge is 0.242 e. The van der Waals surface area contributed by atoms with Crippen LogP contribution in [0, 0.1) is 0 Å². The molecule has 1 saturated carbocycles. The molecular formula is C24H29ClN2O2. The number of hydrogen-bond donors (Lipinski definition) is 1. The molecule has 0 spiro atoms. The summed E-state index contributed by atoms with van der Waals surface area (Å²) in [5, 5.41) is 3.73. The third-order valence-electron chi connectivity index (χ3n) is 5.64. The van der Waals surface area contributed by atoms with Crippen LogP contribution >= 0.6 is 11.6 Å². The number of rotatable bonds is 8. The highest BCUT2D eigenvalue weighted by atomic mass is 35.5. The van der Waals surface area contributed by atoms with Gasteiger partial charge >= 0.3 is 0 Å². The van der Waals surface area contributed by atoms with Crippen LogP contribution in [-0.2, 0) is 22.6 Å². The summed E-state index contributed by atoms with van der Waals surface area (Å²) in [7, 11) is 0. The van der Waals surface area contributed by atoms with Crippen molar-refractivity contribution in [3.8, 4) is 0 Å². The number of aryl methyl sites for hydroxylation is 1. The zero-order valence-corrected chi connectivity index (χ0v) is 17.7. The van der Waals surface area contributed by atoms with Gasteiger partial charge in [0, 0.05) is 24.0 Å². The van der Waals surface area contributed by atoms with E-state index in [0.717, 1.165) is 36.8 Å². The minimum atomic E-state index is -0.546. The molecule has 0 unspecified atom stereocenters. The molecule has 1 atom stereocenters. The van der Waals surface area contributed by atoms with Crippen molar-refractivity contribution in [3.05, 3.63) is 70.7 Å². The summed E-state index contributed by atoms with van der Waals surface area (Å²) >= 11 is 6.33. The van der Waals surface area contributed by atoms with Crippen molar-refractivity contribution in [2.24, 2.45) is 0 Å². The van der Waals surface area contributed by atoms with Gasteiger partial charge in [0.25, 0.3) is 0 Å². The molecule has 2 aromatic carbocycles. The Labute approximate surface area is 178 Å². The molecule has 1 aliphatic rings. The maximum atomic E-state index is 13.1. The Morgan fingerprint density at radius 3 is 2.41 bits per heavy atom. The van der Waals surface area contributed by atoms with E-state index in [0.29, 0.717) is 24.4 Å². The van der Waals surface area contributed by atoms with E-state index in [1.165, 1.54) is 0 Å². The summed E-state index contributed by atoms with van der Waals surface area (Å²) in [5.41, 5.74) is 1.96. The highest BCUT2D eigenvalue weighted by Crippen LogP contribution is 2.21. The molecule has 0 radical (unpaired) electrons. The number of hydrogen-bond acceptors (Lipinski definition) is 2. The zero-order chi connectivity index (χ0) is 20.6. The second-order valence-corrected chi connectivity index (χ2v) is 8.17. The van der Waals surface area contributed by atoms with Gasteiger partial charge in [-0.25, -0.2) is 0 Å². The molecule has 1 aliphatic carbocycles. The lowest BCUT2D eigenvalue weighted by atomic mass is 10.1. The van der Waals surface area contributed by atoms with Gasteiger partial charge in [-0.15, -0.1) is 0 Å². The SMILES string of the molecule is C[C@@H](C(=O)NC1CCCC1)N(Cc1ccccc1Cl)C(=O)CCc1ccccc1. The first-order valence-corrected chi connectivity index (χ1v) is 10.8. The Hall–Kier alpha value is -2.33. The predicted octanol–water partition coefficient (Wildman–Crippen LogP) is 4.75. The largest absolute Gasteiger partial charge is 0.352 e. The molecular weight excluding hydrogens is 384 g/mol. The third-order valence-corrected chi connectivity index (χ3v) is 6.01. The molecule has 1 fully saturated rings. The maximum absolute atomic E-state index is 13.1. The number of carbonyl (C=O) groups excluding carboxylic acids is 2. The first-order valence-electron chi connectivity index (χ1n) is 10.4. The van der Waals surface area contributed by atoms with Crippen molar-refractivity contribution in [3.63, 3.8) is 0 Å². The van der Waals surface area contributed by atoms with Crippen LogP contribution in [0.4, 0.5) is 0 Å². The normalized spacial score (nSPS) is 15.1. The molecule has 3 rings (SSSR count). The van der Waals surface area contributed by atoms with E-state index in [4.69, 9.17) is 11.6 Å². The van der Waals surface area contributed by atoms with Crippen LogP contribution in [0.15, 0.2) is 54.6 Å². The molecule has 29 heavy (non-hydrogen) atoms. The van der Waals surface area contributed by atoms with E-state index >= 15 is 0 Å². The number of benzene rings is 2. The number of amides is 2. The Morgan fingerprint density at radius 2 is 1.72 bits per heavy atom. The molecule has 0 bridgehead atoms. The summed E-state index contributed by atoms with van der Waals surface area (Å²) in [5.74, 6) is -0.125. The van der Waals surface area contributed by atoms with Gasteiger partial charge in [0.1, 0.15) is 6.04 Å². The van der Waals surface area contributed by atoms with E-state index < -0.39 is 6.04 Å². The highest BCUT2D eigenvalue weighted by Gasteiger charge is 2.28. The van der Waals surface area contributed by atoms with Gasteiger partial charge in [-0.1, -0.05) is 73.0 Å². The Balaban J connectivity index is 1.71.